The summed E-state index contributed by atoms with van der Waals surface area (Å²) in [5.41, 5.74) is 7.52. The summed E-state index contributed by atoms with van der Waals surface area (Å²) in [6.07, 6.45) is 2.47. The van der Waals surface area contributed by atoms with E-state index >= 15 is 0 Å². The first-order valence-corrected chi connectivity index (χ1v) is 7.15. The Bertz CT molecular complexity index is 774. The van der Waals surface area contributed by atoms with Gasteiger partial charge in [0.15, 0.2) is 0 Å². The average molecular weight is 299 g/mol. The first-order valence-electron chi connectivity index (χ1n) is 6.77. The minimum absolute atomic E-state index is 0.578. The van der Waals surface area contributed by atoms with Gasteiger partial charge in [-0.15, -0.1) is 0 Å². The zero-order chi connectivity index (χ0) is 14.7. The molecule has 3 rings (SSSR count). The number of pyridine rings is 1. The fourth-order valence-corrected chi connectivity index (χ4v) is 2.46. The van der Waals surface area contributed by atoms with Crippen molar-refractivity contribution in [3.63, 3.8) is 0 Å². The number of aromatic nitrogens is 1. The van der Waals surface area contributed by atoms with Gasteiger partial charge in [-0.05, 0) is 42.8 Å². The van der Waals surface area contributed by atoms with Crippen LogP contribution in [0.3, 0.4) is 0 Å². The molecule has 1 heterocycles. The van der Waals surface area contributed by atoms with Gasteiger partial charge in [0, 0.05) is 10.4 Å². The Morgan fingerprint density at radius 2 is 1.90 bits per heavy atom. The number of hydrogen-bond acceptors (Lipinski definition) is 3. The van der Waals surface area contributed by atoms with Crippen LogP contribution in [0.15, 0.2) is 54.7 Å². The summed E-state index contributed by atoms with van der Waals surface area (Å²) in [5, 5.41) is 1.72. The van der Waals surface area contributed by atoms with Crippen molar-refractivity contribution in [2.45, 2.75) is 6.42 Å². The Morgan fingerprint density at radius 3 is 2.71 bits per heavy atom. The molecule has 3 nitrogen and oxygen atoms in total. The third-order valence-electron chi connectivity index (χ3n) is 3.24. The van der Waals surface area contributed by atoms with Crippen LogP contribution in [0.1, 0.15) is 5.56 Å². The van der Waals surface area contributed by atoms with E-state index in [1.54, 1.807) is 6.20 Å². The zero-order valence-electron chi connectivity index (χ0n) is 11.4. The van der Waals surface area contributed by atoms with Gasteiger partial charge in [-0.3, -0.25) is 4.98 Å². The lowest BCUT2D eigenvalue weighted by molar-refractivity contribution is 0.481. The number of halogens is 1. The standard InChI is InChI=1S/C17H15ClN2O/c18-16-10-14(6-5-12(16)7-8-19)21-15-9-13-3-1-2-4-17(13)20-11-15/h1-6,9-11H,7-8,19H2. The van der Waals surface area contributed by atoms with Crippen LogP contribution in [-0.2, 0) is 6.42 Å². The van der Waals surface area contributed by atoms with Crippen LogP contribution in [0.25, 0.3) is 10.9 Å². The van der Waals surface area contributed by atoms with E-state index in [2.05, 4.69) is 4.98 Å². The maximum absolute atomic E-state index is 6.22. The van der Waals surface area contributed by atoms with E-state index in [9.17, 15) is 0 Å². The third-order valence-corrected chi connectivity index (χ3v) is 3.59. The molecule has 0 aliphatic heterocycles. The number of para-hydroxylation sites is 1. The number of rotatable bonds is 4. The molecule has 2 N–H and O–H groups in total. The maximum atomic E-state index is 6.22. The first-order chi connectivity index (χ1) is 10.3. The second kappa shape index (κ2) is 6.12. The van der Waals surface area contributed by atoms with E-state index in [1.807, 2.05) is 48.5 Å². The Kier molecular flexibility index (Phi) is 4.04. The van der Waals surface area contributed by atoms with Gasteiger partial charge < -0.3 is 10.5 Å². The molecule has 1 aromatic heterocycles. The second-order valence-corrected chi connectivity index (χ2v) is 5.16. The maximum Gasteiger partial charge on any atom is 0.146 e. The molecule has 0 atom stereocenters. The molecule has 0 amide bonds. The monoisotopic (exact) mass is 298 g/mol. The summed E-state index contributed by atoms with van der Waals surface area (Å²) in [7, 11) is 0. The summed E-state index contributed by atoms with van der Waals surface area (Å²) >= 11 is 6.22. The van der Waals surface area contributed by atoms with E-state index in [1.165, 1.54) is 0 Å². The molecule has 0 saturated heterocycles. The van der Waals surface area contributed by atoms with Crippen LogP contribution in [0.5, 0.6) is 11.5 Å². The van der Waals surface area contributed by atoms with Gasteiger partial charge in [0.05, 0.1) is 11.7 Å². The smallest absolute Gasteiger partial charge is 0.146 e. The molecular formula is C17H15ClN2O. The number of nitrogens with zero attached hydrogens (tertiary/aromatic N) is 1. The first kappa shape index (κ1) is 13.9. The average Bonchev–Trinajstić information content (AvgIpc) is 2.50. The molecule has 4 heteroatoms. The zero-order valence-corrected chi connectivity index (χ0v) is 12.2. The normalized spacial score (nSPS) is 10.8. The Hall–Kier alpha value is -2.10. The summed E-state index contributed by atoms with van der Waals surface area (Å²) in [5.74, 6) is 1.38. The highest BCUT2D eigenvalue weighted by atomic mass is 35.5. The van der Waals surface area contributed by atoms with E-state index in [0.717, 1.165) is 22.9 Å². The largest absolute Gasteiger partial charge is 0.456 e. The summed E-state index contributed by atoms with van der Waals surface area (Å²) < 4.78 is 5.82. The Balaban J connectivity index is 1.86. The molecule has 21 heavy (non-hydrogen) atoms. The Morgan fingerprint density at radius 1 is 1.05 bits per heavy atom. The van der Waals surface area contributed by atoms with Crippen LogP contribution in [0, 0.1) is 0 Å². The predicted octanol–water partition coefficient (Wildman–Crippen LogP) is 4.18. The van der Waals surface area contributed by atoms with E-state index < -0.39 is 0 Å². The fraction of sp³-hybridized carbons (Fsp3) is 0.118. The van der Waals surface area contributed by atoms with Crippen LogP contribution in [-0.4, -0.2) is 11.5 Å². The van der Waals surface area contributed by atoms with E-state index in [4.69, 9.17) is 22.1 Å². The van der Waals surface area contributed by atoms with Crippen molar-refractivity contribution >= 4 is 22.5 Å². The summed E-state index contributed by atoms with van der Waals surface area (Å²) in [4.78, 5) is 4.37. The highest BCUT2D eigenvalue weighted by molar-refractivity contribution is 6.31. The van der Waals surface area contributed by atoms with Crippen LogP contribution in [0.2, 0.25) is 5.02 Å². The van der Waals surface area contributed by atoms with Crippen molar-refractivity contribution in [1.29, 1.82) is 0 Å². The van der Waals surface area contributed by atoms with Gasteiger partial charge in [0.2, 0.25) is 0 Å². The second-order valence-electron chi connectivity index (χ2n) is 4.76. The lowest BCUT2D eigenvalue weighted by Gasteiger charge is -2.09. The van der Waals surface area contributed by atoms with Crippen molar-refractivity contribution in [2.24, 2.45) is 5.73 Å². The van der Waals surface area contributed by atoms with Gasteiger partial charge >= 0.3 is 0 Å². The molecule has 0 saturated carbocycles. The van der Waals surface area contributed by atoms with Crippen LogP contribution in [0.4, 0.5) is 0 Å². The fourth-order valence-electron chi connectivity index (χ4n) is 2.19. The van der Waals surface area contributed by atoms with Crippen molar-refractivity contribution in [1.82, 2.24) is 4.98 Å². The van der Waals surface area contributed by atoms with Crippen molar-refractivity contribution in [3.8, 4) is 11.5 Å². The molecular weight excluding hydrogens is 284 g/mol. The topological polar surface area (TPSA) is 48.1 Å². The van der Waals surface area contributed by atoms with Gasteiger partial charge in [-0.1, -0.05) is 35.9 Å². The lowest BCUT2D eigenvalue weighted by atomic mass is 10.1. The minimum Gasteiger partial charge on any atom is -0.456 e. The number of benzene rings is 2. The number of nitrogens with two attached hydrogens (primary N) is 1. The van der Waals surface area contributed by atoms with E-state index in [-0.39, 0.29) is 0 Å². The molecule has 0 bridgehead atoms. The van der Waals surface area contributed by atoms with Gasteiger partial charge in [0.1, 0.15) is 11.5 Å². The molecule has 0 spiro atoms. The van der Waals surface area contributed by atoms with E-state index in [0.29, 0.717) is 23.1 Å². The molecule has 2 aromatic carbocycles. The molecule has 0 aliphatic rings. The van der Waals surface area contributed by atoms with Gasteiger partial charge in [-0.2, -0.15) is 0 Å². The molecule has 0 unspecified atom stereocenters. The molecule has 0 fully saturated rings. The summed E-state index contributed by atoms with van der Waals surface area (Å²) in [6, 6.07) is 15.5. The number of hydrogen-bond donors (Lipinski definition) is 1. The molecule has 0 aliphatic carbocycles. The SMILES string of the molecule is NCCc1ccc(Oc2cnc3ccccc3c2)cc1Cl. The molecule has 106 valence electrons. The van der Waals surface area contributed by atoms with Gasteiger partial charge in [-0.25, -0.2) is 0 Å². The van der Waals surface area contributed by atoms with Crippen molar-refractivity contribution in [3.05, 3.63) is 65.3 Å². The minimum atomic E-state index is 0.578. The van der Waals surface area contributed by atoms with Crippen molar-refractivity contribution in [2.75, 3.05) is 6.54 Å². The quantitative estimate of drug-likeness (QED) is 0.786. The highest BCUT2D eigenvalue weighted by Gasteiger charge is 2.04. The van der Waals surface area contributed by atoms with Crippen LogP contribution >= 0.6 is 11.6 Å². The molecule has 0 radical (unpaired) electrons. The summed E-state index contributed by atoms with van der Waals surface area (Å²) in [6.45, 7) is 0.578. The molecule has 3 aromatic rings. The Labute approximate surface area is 128 Å². The van der Waals surface area contributed by atoms with Crippen molar-refractivity contribution < 1.29 is 4.74 Å². The number of ether oxygens (including phenoxy) is 1. The highest BCUT2D eigenvalue weighted by Crippen LogP contribution is 2.28. The predicted molar refractivity (Wildman–Crippen MR) is 86.0 cm³/mol. The number of fused-ring (bicyclic) bond motifs is 1. The third kappa shape index (κ3) is 3.15. The lowest BCUT2D eigenvalue weighted by Crippen LogP contribution is -2.03. The van der Waals surface area contributed by atoms with Crippen LogP contribution < -0.4 is 10.5 Å². The van der Waals surface area contributed by atoms with Gasteiger partial charge in [0.25, 0.3) is 0 Å².